The highest BCUT2D eigenvalue weighted by molar-refractivity contribution is 5.58. The molecule has 1 rings (SSSR count). The van der Waals surface area contributed by atoms with E-state index in [1.807, 2.05) is 0 Å². The molecule has 0 unspecified atom stereocenters. The number of nitro benzene ring substituents is 1. The Morgan fingerprint density at radius 1 is 1.62 bits per heavy atom. The van der Waals surface area contributed by atoms with Crippen molar-refractivity contribution in [3.63, 3.8) is 0 Å². The number of rotatable bonds is 3. The third kappa shape index (κ3) is 2.08. The van der Waals surface area contributed by atoms with E-state index in [1.54, 1.807) is 0 Å². The predicted molar refractivity (Wildman–Crippen MR) is 45.5 cm³/mol. The van der Waals surface area contributed by atoms with Gasteiger partial charge in [-0.15, -0.1) is 0 Å². The minimum atomic E-state index is -0.848. The molecule has 0 aliphatic rings. The SMILES string of the molecule is N=CCc1ccc(F)c([N+](=O)[O-])c1. The number of hydrogen-bond acceptors (Lipinski definition) is 3. The second kappa shape index (κ2) is 3.75. The summed E-state index contributed by atoms with van der Waals surface area (Å²) in [6.45, 7) is 0. The van der Waals surface area contributed by atoms with E-state index in [4.69, 9.17) is 5.41 Å². The first-order valence-electron chi connectivity index (χ1n) is 3.57. The molecule has 0 aromatic heterocycles. The van der Waals surface area contributed by atoms with E-state index >= 15 is 0 Å². The van der Waals surface area contributed by atoms with Gasteiger partial charge in [-0.25, -0.2) is 0 Å². The normalized spacial score (nSPS) is 9.62. The third-order valence-corrected chi connectivity index (χ3v) is 1.55. The Balaban J connectivity index is 3.10. The fourth-order valence-electron chi connectivity index (χ4n) is 0.943. The van der Waals surface area contributed by atoms with Gasteiger partial charge >= 0.3 is 5.69 Å². The zero-order valence-electron chi connectivity index (χ0n) is 6.66. The molecule has 0 aliphatic heterocycles. The van der Waals surface area contributed by atoms with Gasteiger partial charge in [0.1, 0.15) is 0 Å². The van der Waals surface area contributed by atoms with Crippen molar-refractivity contribution in [2.24, 2.45) is 0 Å². The topological polar surface area (TPSA) is 67.0 Å². The molecule has 1 aromatic carbocycles. The van der Waals surface area contributed by atoms with Gasteiger partial charge in [-0.2, -0.15) is 4.39 Å². The molecule has 0 spiro atoms. The van der Waals surface area contributed by atoms with Crippen molar-refractivity contribution in [2.45, 2.75) is 6.42 Å². The Morgan fingerprint density at radius 2 is 2.31 bits per heavy atom. The lowest BCUT2D eigenvalue weighted by molar-refractivity contribution is -0.387. The molecule has 0 aliphatic carbocycles. The van der Waals surface area contributed by atoms with E-state index in [9.17, 15) is 14.5 Å². The maximum Gasteiger partial charge on any atom is 0.305 e. The number of hydrogen-bond donors (Lipinski definition) is 1. The van der Waals surface area contributed by atoms with Crippen molar-refractivity contribution in [3.05, 3.63) is 39.7 Å². The molecule has 0 amide bonds. The molecule has 1 aromatic rings. The lowest BCUT2D eigenvalue weighted by Crippen LogP contribution is -1.94. The van der Waals surface area contributed by atoms with Gasteiger partial charge in [-0.05, 0) is 17.8 Å². The first-order chi connectivity index (χ1) is 6.15. The van der Waals surface area contributed by atoms with Crippen LogP contribution in [0.3, 0.4) is 0 Å². The van der Waals surface area contributed by atoms with Gasteiger partial charge in [0.05, 0.1) is 4.92 Å². The second-order valence-corrected chi connectivity index (χ2v) is 2.45. The zero-order valence-corrected chi connectivity index (χ0v) is 6.66. The lowest BCUT2D eigenvalue weighted by atomic mass is 10.1. The number of nitrogens with one attached hydrogen (secondary N) is 1. The predicted octanol–water partition coefficient (Wildman–Crippen LogP) is 1.93. The fraction of sp³-hybridized carbons (Fsp3) is 0.125. The molecule has 13 heavy (non-hydrogen) atoms. The Bertz CT molecular complexity index is 352. The van der Waals surface area contributed by atoms with Gasteiger partial charge < -0.3 is 5.41 Å². The maximum absolute atomic E-state index is 12.8. The molecule has 1 N–H and O–H groups in total. The van der Waals surface area contributed by atoms with E-state index in [1.165, 1.54) is 6.07 Å². The summed E-state index contributed by atoms with van der Waals surface area (Å²) in [4.78, 5) is 9.51. The summed E-state index contributed by atoms with van der Waals surface area (Å²) in [5, 5.41) is 17.1. The van der Waals surface area contributed by atoms with Crippen molar-refractivity contribution in [1.29, 1.82) is 5.41 Å². The molecule has 0 bridgehead atoms. The first kappa shape index (κ1) is 9.31. The van der Waals surface area contributed by atoms with Crippen LogP contribution < -0.4 is 0 Å². The molecule has 0 saturated carbocycles. The van der Waals surface area contributed by atoms with Crippen molar-refractivity contribution in [1.82, 2.24) is 0 Å². The summed E-state index contributed by atoms with van der Waals surface area (Å²) in [6.07, 6.45) is 1.39. The smallest absolute Gasteiger partial charge is 0.305 e. The molecule has 0 fully saturated rings. The van der Waals surface area contributed by atoms with Crippen LogP contribution in [-0.2, 0) is 6.42 Å². The van der Waals surface area contributed by atoms with Crippen LogP contribution in [0.5, 0.6) is 0 Å². The van der Waals surface area contributed by atoms with Crippen LogP contribution >= 0.6 is 0 Å². The summed E-state index contributed by atoms with van der Waals surface area (Å²) in [7, 11) is 0. The number of benzene rings is 1. The highest BCUT2D eigenvalue weighted by atomic mass is 19.1. The highest BCUT2D eigenvalue weighted by Crippen LogP contribution is 2.18. The molecular formula is C8H7FN2O2. The standard InChI is InChI=1S/C8H7FN2O2/c9-7-2-1-6(3-4-10)5-8(7)11(12)13/h1-2,4-5,10H,3H2. The fourth-order valence-corrected chi connectivity index (χ4v) is 0.943. The van der Waals surface area contributed by atoms with Crippen molar-refractivity contribution in [3.8, 4) is 0 Å². The summed E-state index contributed by atoms with van der Waals surface area (Å²) < 4.78 is 12.8. The zero-order chi connectivity index (χ0) is 9.84. The van der Waals surface area contributed by atoms with Crippen LogP contribution in [0.2, 0.25) is 0 Å². The quantitative estimate of drug-likeness (QED) is 0.440. The van der Waals surface area contributed by atoms with E-state index in [-0.39, 0.29) is 6.42 Å². The first-order valence-corrected chi connectivity index (χ1v) is 3.57. The Morgan fingerprint density at radius 3 is 2.85 bits per heavy atom. The summed E-state index contributed by atoms with van der Waals surface area (Å²) in [6, 6.07) is 3.60. The minimum absolute atomic E-state index is 0.279. The lowest BCUT2D eigenvalue weighted by Gasteiger charge is -1.97. The van der Waals surface area contributed by atoms with Crippen molar-refractivity contribution >= 4 is 11.9 Å². The van der Waals surface area contributed by atoms with Crippen LogP contribution in [0.25, 0.3) is 0 Å². The maximum atomic E-state index is 12.8. The molecule has 68 valence electrons. The number of halogens is 1. The minimum Gasteiger partial charge on any atom is -0.313 e. The van der Waals surface area contributed by atoms with Crippen LogP contribution in [-0.4, -0.2) is 11.1 Å². The molecule has 0 atom stereocenters. The van der Waals surface area contributed by atoms with Crippen molar-refractivity contribution in [2.75, 3.05) is 0 Å². The van der Waals surface area contributed by atoms with Crippen LogP contribution in [0.15, 0.2) is 18.2 Å². The summed E-state index contributed by atoms with van der Waals surface area (Å²) in [5.74, 6) is -0.848. The van der Waals surface area contributed by atoms with Gasteiger partial charge in [0.2, 0.25) is 5.82 Å². The third-order valence-electron chi connectivity index (χ3n) is 1.55. The van der Waals surface area contributed by atoms with E-state index in [0.717, 1.165) is 18.3 Å². The average molecular weight is 182 g/mol. The Kier molecular flexibility index (Phi) is 2.69. The van der Waals surface area contributed by atoms with Gasteiger partial charge in [-0.1, -0.05) is 6.07 Å². The summed E-state index contributed by atoms with van der Waals surface area (Å²) in [5.41, 5.74) is 0.0162. The molecule has 0 radical (unpaired) electrons. The van der Waals surface area contributed by atoms with Crippen molar-refractivity contribution < 1.29 is 9.31 Å². The Labute approximate surface area is 73.7 Å². The molecular weight excluding hydrogens is 175 g/mol. The average Bonchev–Trinajstić information content (AvgIpc) is 2.08. The van der Waals surface area contributed by atoms with Gasteiger partial charge in [0.25, 0.3) is 0 Å². The van der Waals surface area contributed by atoms with Crippen LogP contribution in [0.1, 0.15) is 5.56 Å². The molecule has 0 saturated heterocycles. The number of nitro groups is 1. The number of nitrogens with zero attached hydrogens (tertiary/aromatic N) is 1. The molecule has 4 nitrogen and oxygen atoms in total. The van der Waals surface area contributed by atoms with E-state index < -0.39 is 16.4 Å². The monoisotopic (exact) mass is 182 g/mol. The van der Waals surface area contributed by atoms with Gasteiger partial charge in [0, 0.05) is 12.5 Å². The van der Waals surface area contributed by atoms with Crippen LogP contribution in [0, 0.1) is 21.3 Å². The highest BCUT2D eigenvalue weighted by Gasteiger charge is 2.13. The van der Waals surface area contributed by atoms with Gasteiger partial charge in [-0.3, -0.25) is 10.1 Å². The molecule has 0 heterocycles. The Hall–Kier alpha value is -1.78. The largest absolute Gasteiger partial charge is 0.313 e. The van der Waals surface area contributed by atoms with E-state index in [0.29, 0.717) is 5.56 Å². The second-order valence-electron chi connectivity index (χ2n) is 2.45. The van der Waals surface area contributed by atoms with E-state index in [2.05, 4.69) is 0 Å². The molecule has 5 heteroatoms. The van der Waals surface area contributed by atoms with Gasteiger partial charge in [0.15, 0.2) is 0 Å². The summed E-state index contributed by atoms with van der Waals surface area (Å²) >= 11 is 0. The van der Waals surface area contributed by atoms with Crippen LogP contribution in [0.4, 0.5) is 10.1 Å².